The number of para-hydroxylation sites is 2. The third-order valence-corrected chi connectivity index (χ3v) is 8.41. The summed E-state index contributed by atoms with van der Waals surface area (Å²) in [5.41, 5.74) is 5.03. The Kier molecular flexibility index (Phi) is 5.49. The molecule has 0 bridgehead atoms. The Morgan fingerprint density at radius 1 is 0.545 bits per heavy atom. The Labute approximate surface area is 252 Å². The van der Waals surface area contributed by atoms with Crippen LogP contribution in [0.2, 0.25) is 0 Å². The SMILES string of the molecule is C1=CCC(c2nc(-c3ccccc3)nc(-n3c4ccccc4c4ccc5c6ccccc6n(-c6ncccn6)c5c43)n2)C=C1. The summed E-state index contributed by atoms with van der Waals surface area (Å²) in [4.78, 5) is 24.8. The zero-order chi connectivity index (χ0) is 29.0. The average molecular weight is 568 g/mol. The van der Waals surface area contributed by atoms with Gasteiger partial charge in [-0.15, -0.1) is 0 Å². The third-order valence-electron chi connectivity index (χ3n) is 8.41. The number of aromatic nitrogens is 7. The molecule has 7 heteroatoms. The first-order valence-electron chi connectivity index (χ1n) is 14.7. The molecular weight excluding hydrogens is 542 g/mol. The minimum Gasteiger partial charge on any atom is -0.276 e. The summed E-state index contributed by atoms with van der Waals surface area (Å²) in [7, 11) is 0. The number of rotatable bonds is 4. The van der Waals surface area contributed by atoms with Crippen molar-refractivity contribution in [3.05, 3.63) is 140 Å². The van der Waals surface area contributed by atoms with E-state index in [-0.39, 0.29) is 5.92 Å². The van der Waals surface area contributed by atoms with Crippen LogP contribution in [0.4, 0.5) is 0 Å². The molecule has 1 aliphatic rings. The molecular formula is C37H25N7. The maximum atomic E-state index is 5.20. The molecule has 8 aromatic rings. The largest absolute Gasteiger partial charge is 0.276 e. The molecule has 1 aliphatic carbocycles. The summed E-state index contributed by atoms with van der Waals surface area (Å²) in [5, 5.41) is 4.48. The molecule has 0 N–H and O–H groups in total. The van der Waals surface area contributed by atoms with E-state index in [0.717, 1.165) is 61.4 Å². The van der Waals surface area contributed by atoms with E-state index in [1.54, 1.807) is 12.4 Å². The second-order valence-electron chi connectivity index (χ2n) is 11.0. The molecule has 4 aromatic carbocycles. The first-order valence-corrected chi connectivity index (χ1v) is 14.7. The molecule has 1 atom stereocenters. The predicted octanol–water partition coefficient (Wildman–Crippen LogP) is 8.12. The highest BCUT2D eigenvalue weighted by atomic mass is 15.2. The zero-order valence-electron chi connectivity index (χ0n) is 23.6. The second-order valence-corrected chi connectivity index (χ2v) is 11.0. The average Bonchev–Trinajstić information content (AvgIpc) is 3.62. The van der Waals surface area contributed by atoms with Crippen LogP contribution in [0.3, 0.4) is 0 Å². The van der Waals surface area contributed by atoms with Crippen molar-refractivity contribution >= 4 is 43.6 Å². The number of fused-ring (bicyclic) bond motifs is 7. The lowest BCUT2D eigenvalue weighted by molar-refractivity contribution is 0.750. The van der Waals surface area contributed by atoms with Crippen molar-refractivity contribution in [2.24, 2.45) is 0 Å². The van der Waals surface area contributed by atoms with Crippen molar-refractivity contribution in [1.29, 1.82) is 0 Å². The van der Waals surface area contributed by atoms with E-state index >= 15 is 0 Å². The van der Waals surface area contributed by atoms with E-state index < -0.39 is 0 Å². The molecule has 0 saturated carbocycles. The van der Waals surface area contributed by atoms with E-state index in [2.05, 4.69) is 94.1 Å². The third kappa shape index (κ3) is 3.72. The van der Waals surface area contributed by atoms with E-state index in [1.165, 1.54) is 0 Å². The normalized spacial score (nSPS) is 14.8. The van der Waals surface area contributed by atoms with Gasteiger partial charge in [0.2, 0.25) is 11.9 Å². The Balaban J connectivity index is 1.45. The Bertz CT molecular complexity index is 2420. The van der Waals surface area contributed by atoms with Crippen LogP contribution in [0.25, 0.3) is 66.9 Å². The molecule has 0 spiro atoms. The molecule has 0 radical (unpaired) electrons. The van der Waals surface area contributed by atoms with E-state index in [0.29, 0.717) is 17.7 Å². The van der Waals surface area contributed by atoms with Crippen molar-refractivity contribution < 1.29 is 0 Å². The first kappa shape index (κ1) is 24.6. The maximum absolute atomic E-state index is 5.20. The summed E-state index contributed by atoms with van der Waals surface area (Å²) in [5.74, 6) is 2.66. The van der Waals surface area contributed by atoms with Crippen LogP contribution in [0.5, 0.6) is 0 Å². The fourth-order valence-electron chi connectivity index (χ4n) is 6.46. The molecule has 1 unspecified atom stereocenters. The summed E-state index contributed by atoms with van der Waals surface area (Å²) in [6.07, 6.45) is 12.9. The van der Waals surface area contributed by atoms with Crippen LogP contribution >= 0.6 is 0 Å². The monoisotopic (exact) mass is 567 g/mol. The minimum absolute atomic E-state index is 0.0569. The highest BCUT2D eigenvalue weighted by molar-refractivity contribution is 6.23. The van der Waals surface area contributed by atoms with Gasteiger partial charge in [0.25, 0.3) is 0 Å². The van der Waals surface area contributed by atoms with E-state index in [4.69, 9.17) is 24.9 Å². The number of hydrogen-bond acceptors (Lipinski definition) is 5. The molecule has 0 aliphatic heterocycles. The van der Waals surface area contributed by atoms with Crippen molar-refractivity contribution in [2.75, 3.05) is 0 Å². The molecule has 9 rings (SSSR count). The van der Waals surface area contributed by atoms with Gasteiger partial charge in [0, 0.05) is 45.4 Å². The lowest BCUT2D eigenvalue weighted by atomic mass is 10.00. The molecule has 0 saturated heterocycles. The highest BCUT2D eigenvalue weighted by Gasteiger charge is 2.24. The number of allylic oxidation sites excluding steroid dienone is 4. The van der Waals surface area contributed by atoms with Crippen molar-refractivity contribution in [3.8, 4) is 23.3 Å². The quantitative estimate of drug-likeness (QED) is 0.215. The molecule has 4 heterocycles. The van der Waals surface area contributed by atoms with Gasteiger partial charge in [0.1, 0.15) is 5.82 Å². The van der Waals surface area contributed by atoms with Crippen molar-refractivity contribution in [1.82, 2.24) is 34.1 Å². The zero-order valence-corrected chi connectivity index (χ0v) is 23.6. The summed E-state index contributed by atoms with van der Waals surface area (Å²) < 4.78 is 4.36. The molecule has 4 aromatic heterocycles. The van der Waals surface area contributed by atoms with Gasteiger partial charge in [-0.3, -0.25) is 9.13 Å². The first-order chi connectivity index (χ1) is 21.8. The van der Waals surface area contributed by atoms with Gasteiger partial charge in [-0.25, -0.2) is 15.0 Å². The summed E-state index contributed by atoms with van der Waals surface area (Å²) in [6.45, 7) is 0. The Morgan fingerprint density at radius 3 is 1.84 bits per heavy atom. The second kappa shape index (κ2) is 9.81. The smallest absolute Gasteiger partial charge is 0.238 e. The number of benzene rings is 4. The minimum atomic E-state index is 0.0569. The van der Waals surface area contributed by atoms with Gasteiger partial charge in [0.05, 0.1) is 22.1 Å². The molecule has 7 nitrogen and oxygen atoms in total. The summed E-state index contributed by atoms with van der Waals surface area (Å²) >= 11 is 0. The van der Waals surface area contributed by atoms with Crippen LogP contribution in [-0.2, 0) is 0 Å². The lowest BCUT2D eigenvalue weighted by Gasteiger charge is -2.16. The Hall–Kier alpha value is -5.95. The molecule has 0 amide bonds. The fourth-order valence-corrected chi connectivity index (χ4v) is 6.46. The molecule has 208 valence electrons. The van der Waals surface area contributed by atoms with Gasteiger partial charge in [-0.1, -0.05) is 103 Å². The molecule has 0 fully saturated rings. The van der Waals surface area contributed by atoms with Crippen molar-refractivity contribution in [3.63, 3.8) is 0 Å². The maximum Gasteiger partial charge on any atom is 0.238 e. The Morgan fingerprint density at radius 2 is 1.18 bits per heavy atom. The lowest BCUT2D eigenvalue weighted by Crippen LogP contribution is -2.11. The van der Waals surface area contributed by atoms with Gasteiger partial charge in [0.15, 0.2) is 5.82 Å². The standard InChI is InChI=1S/C37H25N7/c1-3-12-24(13-4-1)34-40-35(25-14-5-2-6-15-25)42-37(41-34)44-31-19-10-8-17-27(31)29-21-20-28-26-16-7-9-18-30(26)43(32(28)33(29)44)36-38-22-11-23-39-36/h1-14,16-23,25H,15H2. The van der Waals surface area contributed by atoms with Gasteiger partial charge >= 0.3 is 0 Å². The fraction of sp³-hybridized carbons (Fsp3) is 0.0541. The van der Waals surface area contributed by atoms with Crippen LogP contribution in [0, 0.1) is 0 Å². The van der Waals surface area contributed by atoms with E-state index in [1.807, 2.05) is 36.4 Å². The summed E-state index contributed by atoms with van der Waals surface area (Å²) in [6, 6.07) is 33.3. The van der Waals surface area contributed by atoms with Gasteiger partial charge in [-0.2, -0.15) is 9.97 Å². The van der Waals surface area contributed by atoms with Gasteiger partial charge < -0.3 is 0 Å². The van der Waals surface area contributed by atoms with Crippen LogP contribution < -0.4 is 0 Å². The highest BCUT2D eigenvalue weighted by Crippen LogP contribution is 2.41. The van der Waals surface area contributed by atoms with Gasteiger partial charge in [-0.05, 0) is 24.6 Å². The topological polar surface area (TPSA) is 74.3 Å². The number of nitrogens with zero attached hydrogens (tertiary/aromatic N) is 7. The predicted molar refractivity (Wildman–Crippen MR) is 175 cm³/mol. The van der Waals surface area contributed by atoms with Crippen LogP contribution in [-0.4, -0.2) is 34.1 Å². The van der Waals surface area contributed by atoms with E-state index in [9.17, 15) is 0 Å². The van der Waals surface area contributed by atoms with Crippen molar-refractivity contribution in [2.45, 2.75) is 12.3 Å². The number of hydrogen-bond donors (Lipinski definition) is 0. The van der Waals surface area contributed by atoms with Crippen LogP contribution in [0.15, 0.2) is 134 Å². The van der Waals surface area contributed by atoms with Crippen LogP contribution in [0.1, 0.15) is 18.2 Å². The molecule has 44 heavy (non-hydrogen) atoms.